The molecule has 1 spiro atoms. The highest BCUT2D eigenvalue weighted by Crippen LogP contribution is 2.38. The van der Waals surface area contributed by atoms with Gasteiger partial charge in [0.2, 0.25) is 0 Å². The fourth-order valence-corrected chi connectivity index (χ4v) is 4.95. The highest BCUT2D eigenvalue weighted by molar-refractivity contribution is 8.14. The molecule has 0 radical (unpaired) electrons. The summed E-state index contributed by atoms with van der Waals surface area (Å²) in [6, 6.07) is 0. The molecule has 1 aromatic heterocycles. The second-order valence-electron chi connectivity index (χ2n) is 6.08. The number of aliphatic imine (C=N–C) groups is 1. The van der Waals surface area contributed by atoms with Crippen LogP contribution in [0, 0.1) is 12.8 Å². The van der Waals surface area contributed by atoms with Crippen LogP contribution >= 0.6 is 23.1 Å². The predicted molar refractivity (Wildman–Crippen MR) is 86.2 cm³/mol. The van der Waals surface area contributed by atoms with Gasteiger partial charge < -0.3 is 5.32 Å². The maximum absolute atomic E-state index is 4.77. The summed E-state index contributed by atoms with van der Waals surface area (Å²) in [6.45, 7) is 5.38. The van der Waals surface area contributed by atoms with Gasteiger partial charge in [-0.15, -0.1) is 0 Å². The average molecular weight is 294 g/mol. The van der Waals surface area contributed by atoms with E-state index in [4.69, 9.17) is 4.99 Å². The number of thioether (sulfide) groups is 1. The third kappa shape index (κ3) is 3.00. The molecule has 19 heavy (non-hydrogen) atoms. The topological polar surface area (TPSA) is 24.4 Å². The maximum Gasteiger partial charge on any atom is 0.157 e. The van der Waals surface area contributed by atoms with Crippen LogP contribution in [-0.4, -0.2) is 16.5 Å². The Morgan fingerprint density at radius 3 is 2.84 bits per heavy atom. The monoisotopic (exact) mass is 294 g/mol. The van der Waals surface area contributed by atoms with Crippen LogP contribution in [0.5, 0.6) is 0 Å². The molecule has 2 aliphatic rings. The Morgan fingerprint density at radius 1 is 1.37 bits per heavy atom. The maximum atomic E-state index is 4.77. The average Bonchev–Trinajstić information content (AvgIpc) is 2.99. The van der Waals surface area contributed by atoms with Gasteiger partial charge in [-0.3, -0.25) is 4.99 Å². The highest BCUT2D eigenvalue weighted by atomic mass is 32.2. The summed E-state index contributed by atoms with van der Waals surface area (Å²) in [5, 5.41) is 9.31. The fourth-order valence-electron chi connectivity index (χ4n) is 2.88. The largest absolute Gasteiger partial charge is 0.359 e. The number of hydrogen-bond donors (Lipinski definition) is 1. The minimum Gasteiger partial charge on any atom is -0.359 e. The first-order chi connectivity index (χ1) is 9.17. The third-order valence-corrected chi connectivity index (χ3v) is 6.56. The second-order valence-corrected chi connectivity index (χ2v) is 7.79. The SMILES string of the molecule is Cc1cscc1CN=C1NC2(CCC(C)CC2)CS1. The van der Waals surface area contributed by atoms with E-state index < -0.39 is 0 Å². The Balaban J connectivity index is 1.61. The smallest absolute Gasteiger partial charge is 0.157 e. The Bertz CT molecular complexity index is 470. The van der Waals surface area contributed by atoms with Gasteiger partial charge in [-0.1, -0.05) is 18.7 Å². The van der Waals surface area contributed by atoms with E-state index in [1.54, 1.807) is 11.3 Å². The van der Waals surface area contributed by atoms with Gasteiger partial charge in [0.1, 0.15) is 0 Å². The molecule has 0 atom stereocenters. The Hall–Kier alpha value is -0.480. The first-order valence-electron chi connectivity index (χ1n) is 7.14. The van der Waals surface area contributed by atoms with Gasteiger partial charge >= 0.3 is 0 Å². The molecule has 1 aromatic rings. The molecule has 0 amide bonds. The standard InChI is InChI=1S/C15H22N2S2/c1-11-3-5-15(6-4-11)10-19-14(17-15)16-7-13-9-18-8-12(13)2/h8-9,11H,3-7,10H2,1-2H3,(H,16,17). The van der Waals surface area contributed by atoms with Crippen molar-refractivity contribution >= 4 is 28.3 Å². The molecule has 1 aliphatic heterocycles. The van der Waals surface area contributed by atoms with Crippen molar-refractivity contribution < 1.29 is 0 Å². The molecule has 1 saturated carbocycles. The van der Waals surface area contributed by atoms with Crippen molar-refractivity contribution in [3.63, 3.8) is 0 Å². The minimum atomic E-state index is 0.361. The molecule has 0 unspecified atom stereocenters. The molecule has 2 heterocycles. The number of amidine groups is 1. The van der Waals surface area contributed by atoms with Gasteiger partial charge in [-0.25, -0.2) is 0 Å². The molecular weight excluding hydrogens is 272 g/mol. The summed E-state index contributed by atoms with van der Waals surface area (Å²) in [4.78, 5) is 4.77. The van der Waals surface area contributed by atoms with Crippen molar-refractivity contribution in [1.82, 2.24) is 5.32 Å². The summed E-state index contributed by atoms with van der Waals surface area (Å²) in [5.74, 6) is 2.12. The number of nitrogens with one attached hydrogen (secondary N) is 1. The molecule has 1 saturated heterocycles. The highest BCUT2D eigenvalue weighted by Gasteiger charge is 2.39. The van der Waals surface area contributed by atoms with Crippen LogP contribution in [0.2, 0.25) is 0 Å². The summed E-state index contributed by atoms with van der Waals surface area (Å²) >= 11 is 3.69. The quantitative estimate of drug-likeness (QED) is 0.884. The zero-order chi connectivity index (χ0) is 13.3. The van der Waals surface area contributed by atoms with Crippen molar-refractivity contribution in [2.75, 3.05) is 5.75 Å². The Labute approximate surface area is 124 Å². The molecule has 2 fully saturated rings. The Morgan fingerprint density at radius 2 is 2.16 bits per heavy atom. The lowest BCUT2D eigenvalue weighted by Gasteiger charge is -2.35. The molecule has 4 heteroatoms. The lowest BCUT2D eigenvalue weighted by molar-refractivity contribution is 0.251. The number of thiophene rings is 1. The zero-order valence-electron chi connectivity index (χ0n) is 11.7. The van der Waals surface area contributed by atoms with Crippen LogP contribution in [0.4, 0.5) is 0 Å². The van der Waals surface area contributed by atoms with Crippen LogP contribution in [0.15, 0.2) is 15.8 Å². The van der Waals surface area contributed by atoms with E-state index in [1.165, 1.54) is 47.7 Å². The number of rotatable bonds is 2. The normalized spacial score (nSPS) is 32.9. The van der Waals surface area contributed by atoms with Crippen LogP contribution in [0.3, 0.4) is 0 Å². The van der Waals surface area contributed by atoms with E-state index >= 15 is 0 Å². The van der Waals surface area contributed by atoms with Crippen LogP contribution in [-0.2, 0) is 6.54 Å². The predicted octanol–water partition coefficient (Wildman–Crippen LogP) is 4.20. The van der Waals surface area contributed by atoms with Crippen molar-refractivity contribution in [3.8, 4) is 0 Å². The molecule has 104 valence electrons. The molecule has 0 aromatic carbocycles. The van der Waals surface area contributed by atoms with Crippen molar-refractivity contribution in [2.45, 2.75) is 51.6 Å². The van der Waals surface area contributed by atoms with Crippen LogP contribution in [0.1, 0.15) is 43.7 Å². The van der Waals surface area contributed by atoms with E-state index in [0.717, 1.165) is 12.5 Å². The van der Waals surface area contributed by atoms with E-state index in [-0.39, 0.29) is 0 Å². The van der Waals surface area contributed by atoms with Gasteiger partial charge in [0.25, 0.3) is 0 Å². The van der Waals surface area contributed by atoms with Crippen molar-refractivity contribution in [1.29, 1.82) is 0 Å². The van der Waals surface area contributed by atoms with E-state index in [1.807, 2.05) is 11.8 Å². The van der Waals surface area contributed by atoms with E-state index in [2.05, 4.69) is 29.9 Å². The van der Waals surface area contributed by atoms with E-state index in [0.29, 0.717) is 5.54 Å². The minimum absolute atomic E-state index is 0.361. The van der Waals surface area contributed by atoms with Gasteiger partial charge in [0, 0.05) is 11.3 Å². The molecular formula is C15H22N2S2. The summed E-state index contributed by atoms with van der Waals surface area (Å²) in [6.07, 6.45) is 5.37. The van der Waals surface area contributed by atoms with Gasteiger partial charge in [0.15, 0.2) is 5.17 Å². The lowest BCUT2D eigenvalue weighted by Crippen LogP contribution is -2.46. The summed E-state index contributed by atoms with van der Waals surface area (Å²) < 4.78 is 0. The van der Waals surface area contributed by atoms with Crippen molar-refractivity contribution in [2.24, 2.45) is 10.9 Å². The number of aryl methyl sites for hydroxylation is 1. The van der Waals surface area contributed by atoms with E-state index in [9.17, 15) is 0 Å². The number of nitrogens with zero attached hydrogens (tertiary/aromatic N) is 1. The number of hydrogen-bond acceptors (Lipinski definition) is 3. The molecule has 2 nitrogen and oxygen atoms in total. The van der Waals surface area contributed by atoms with Gasteiger partial charge in [-0.2, -0.15) is 11.3 Å². The molecule has 1 aliphatic carbocycles. The molecule has 1 N–H and O–H groups in total. The lowest BCUT2D eigenvalue weighted by atomic mass is 9.78. The third-order valence-electron chi connectivity index (χ3n) is 4.44. The summed E-state index contributed by atoms with van der Waals surface area (Å²) in [7, 11) is 0. The fraction of sp³-hybridized carbons (Fsp3) is 0.667. The first kappa shape index (κ1) is 13.5. The second kappa shape index (κ2) is 5.49. The van der Waals surface area contributed by atoms with Gasteiger partial charge in [0.05, 0.1) is 6.54 Å². The first-order valence-corrected chi connectivity index (χ1v) is 9.07. The molecule has 3 rings (SSSR count). The summed E-state index contributed by atoms with van der Waals surface area (Å²) in [5.41, 5.74) is 3.11. The van der Waals surface area contributed by atoms with Crippen LogP contribution in [0.25, 0.3) is 0 Å². The Kier molecular flexibility index (Phi) is 3.90. The van der Waals surface area contributed by atoms with Crippen molar-refractivity contribution in [3.05, 3.63) is 21.9 Å². The molecule has 0 bridgehead atoms. The van der Waals surface area contributed by atoms with Crippen LogP contribution < -0.4 is 5.32 Å². The zero-order valence-corrected chi connectivity index (χ0v) is 13.4. The van der Waals surface area contributed by atoms with Gasteiger partial charge in [-0.05, 0) is 60.4 Å².